The van der Waals surface area contributed by atoms with E-state index in [4.69, 9.17) is 42.6 Å². The monoisotopic (exact) mass is 750 g/mol. The summed E-state index contributed by atoms with van der Waals surface area (Å²) in [7, 11) is 0. The second kappa shape index (κ2) is 18.4. The van der Waals surface area contributed by atoms with Crippen molar-refractivity contribution in [1.29, 1.82) is 0 Å². The van der Waals surface area contributed by atoms with Crippen molar-refractivity contribution in [1.82, 2.24) is 0 Å². The summed E-state index contributed by atoms with van der Waals surface area (Å²) in [5.41, 5.74) is 0.521. The van der Waals surface area contributed by atoms with Gasteiger partial charge in [-0.1, -0.05) is 54.6 Å². The fourth-order valence-corrected chi connectivity index (χ4v) is 5.77. The van der Waals surface area contributed by atoms with Crippen molar-refractivity contribution in [3.05, 3.63) is 108 Å². The number of hydrogen-bond donors (Lipinski definition) is 1. The highest BCUT2D eigenvalue weighted by molar-refractivity contribution is 5.91. The van der Waals surface area contributed by atoms with E-state index in [1.807, 2.05) is 0 Å². The van der Waals surface area contributed by atoms with E-state index in [9.17, 15) is 33.9 Å². The molecule has 3 aromatic carbocycles. The van der Waals surface area contributed by atoms with Gasteiger partial charge in [0.1, 0.15) is 18.8 Å². The first kappa shape index (κ1) is 39.5. The summed E-state index contributed by atoms with van der Waals surface area (Å²) in [5, 5.41) is 10.8. The molecule has 2 fully saturated rings. The molecule has 0 bridgehead atoms. The quantitative estimate of drug-likeness (QED) is 0.197. The number of hydrogen-bond acceptors (Lipinski definition) is 16. The Morgan fingerprint density at radius 3 is 1.41 bits per heavy atom. The fourth-order valence-electron chi connectivity index (χ4n) is 5.77. The van der Waals surface area contributed by atoms with Crippen molar-refractivity contribution >= 4 is 35.8 Å². The van der Waals surface area contributed by atoms with E-state index >= 15 is 0 Å². The molecule has 2 heterocycles. The molecular weight excluding hydrogens is 712 g/mol. The molecule has 0 amide bonds. The van der Waals surface area contributed by atoms with Crippen molar-refractivity contribution in [3.63, 3.8) is 0 Å². The lowest BCUT2D eigenvalue weighted by molar-refractivity contribution is -0.304. The van der Waals surface area contributed by atoms with Crippen LogP contribution in [0, 0.1) is 0 Å². The van der Waals surface area contributed by atoms with Crippen LogP contribution in [0.2, 0.25) is 0 Å². The zero-order valence-electron chi connectivity index (χ0n) is 29.3. The van der Waals surface area contributed by atoms with Gasteiger partial charge in [-0.15, -0.1) is 0 Å². The van der Waals surface area contributed by atoms with Crippen molar-refractivity contribution in [2.75, 3.05) is 13.2 Å². The van der Waals surface area contributed by atoms with Crippen LogP contribution in [0.4, 0.5) is 0 Å². The summed E-state index contributed by atoms with van der Waals surface area (Å²) in [6.45, 7) is 2.09. The highest BCUT2D eigenvalue weighted by Crippen LogP contribution is 2.33. The molecule has 54 heavy (non-hydrogen) atoms. The summed E-state index contributed by atoms with van der Waals surface area (Å²) < 4.78 is 50.9. The smallest absolute Gasteiger partial charge is 0.338 e. The SMILES string of the molecule is CC(=O)O[C@H]1[C@@H](OC(C)=O)[C@@H](O)O[C@H](CO[C@H]2O[C@@H](COC(=O)c3ccccc3)[C@@H](OC(=O)c3ccccc3)[C@H]2OC(=O)c2ccccc2)[C@@H]1OC(C)=O. The maximum Gasteiger partial charge on any atom is 0.338 e. The predicted molar refractivity (Wildman–Crippen MR) is 180 cm³/mol. The molecule has 16 nitrogen and oxygen atoms in total. The minimum absolute atomic E-state index is 0.137. The van der Waals surface area contributed by atoms with Gasteiger partial charge in [-0.05, 0) is 36.4 Å². The van der Waals surface area contributed by atoms with E-state index in [1.165, 1.54) is 36.4 Å². The molecule has 5 rings (SSSR count). The molecule has 2 aliphatic heterocycles. The molecule has 286 valence electrons. The number of carbonyl (C=O) groups excluding carboxylic acids is 6. The van der Waals surface area contributed by atoms with Gasteiger partial charge in [-0.25, -0.2) is 14.4 Å². The van der Waals surface area contributed by atoms with E-state index in [2.05, 4.69) is 0 Å². The first-order valence-electron chi connectivity index (χ1n) is 16.8. The molecule has 0 saturated carbocycles. The summed E-state index contributed by atoms with van der Waals surface area (Å²) >= 11 is 0. The minimum Gasteiger partial charge on any atom is -0.459 e. The van der Waals surface area contributed by atoms with Gasteiger partial charge in [0.2, 0.25) is 0 Å². The second-order valence-corrected chi connectivity index (χ2v) is 12.1. The van der Waals surface area contributed by atoms with Crippen molar-refractivity contribution in [2.45, 2.75) is 76.1 Å². The number of aliphatic hydroxyl groups is 1. The number of benzene rings is 3. The van der Waals surface area contributed by atoms with Crippen LogP contribution in [-0.4, -0.2) is 109 Å². The third-order valence-corrected chi connectivity index (χ3v) is 8.10. The summed E-state index contributed by atoms with van der Waals surface area (Å²) in [6, 6.07) is 23.9. The molecule has 0 radical (unpaired) electrons. The number of carbonyl (C=O) groups is 6. The molecule has 1 N–H and O–H groups in total. The lowest BCUT2D eigenvalue weighted by atomic mass is 9.98. The topological polar surface area (TPSA) is 206 Å². The second-order valence-electron chi connectivity index (χ2n) is 12.1. The first-order chi connectivity index (χ1) is 25.9. The highest BCUT2D eigenvalue weighted by atomic mass is 16.8. The van der Waals surface area contributed by atoms with Crippen LogP contribution in [-0.2, 0) is 57.0 Å². The molecule has 9 atom stereocenters. The molecular formula is C38H38O16. The Morgan fingerprint density at radius 1 is 0.500 bits per heavy atom. The van der Waals surface area contributed by atoms with E-state index in [0.29, 0.717) is 0 Å². The Hall–Kier alpha value is -5.68. The third-order valence-electron chi connectivity index (χ3n) is 8.10. The maximum absolute atomic E-state index is 13.4. The van der Waals surface area contributed by atoms with Crippen LogP contribution in [0.1, 0.15) is 51.8 Å². The van der Waals surface area contributed by atoms with Crippen LogP contribution >= 0.6 is 0 Å². The van der Waals surface area contributed by atoms with Crippen LogP contribution in [0.15, 0.2) is 91.0 Å². The Morgan fingerprint density at radius 2 is 0.907 bits per heavy atom. The largest absolute Gasteiger partial charge is 0.459 e. The molecule has 16 heteroatoms. The molecule has 0 spiro atoms. The van der Waals surface area contributed by atoms with E-state index in [1.54, 1.807) is 54.6 Å². The van der Waals surface area contributed by atoms with Gasteiger partial charge < -0.3 is 47.7 Å². The van der Waals surface area contributed by atoms with Crippen molar-refractivity contribution in [3.8, 4) is 0 Å². The Kier molecular flexibility index (Phi) is 13.5. The minimum atomic E-state index is -1.89. The van der Waals surface area contributed by atoms with Gasteiger partial charge in [0, 0.05) is 20.8 Å². The lowest BCUT2D eigenvalue weighted by Crippen LogP contribution is -2.62. The van der Waals surface area contributed by atoms with E-state index < -0.39 is 104 Å². The first-order valence-corrected chi connectivity index (χ1v) is 16.8. The Balaban J connectivity index is 1.45. The van der Waals surface area contributed by atoms with Crippen LogP contribution in [0.3, 0.4) is 0 Å². The normalized spacial score (nSPS) is 26.1. The summed E-state index contributed by atoms with van der Waals surface area (Å²) in [6.07, 6.45) is -13.7. The van der Waals surface area contributed by atoms with Crippen LogP contribution in [0.5, 0.6) is 0 Å². The zero-order valence-corrected chi connectivity index (χ0v) is 29.3. The van der Waals surface area contributed by atoms with Gasteiger partial charge in [-0.3, -0.25) is 14.4 Å². The molecule has 0 aliphatic carbocycles. The molecule has 2 aliphatic rings. The number of rotatable bonds is 13. The maximum atomic E-state index is 13.4. The van der Waals surface area contributed by atoms with Gasteiger partial charge >= 0.3 is 35.8 Å². The van der Waals surface area contributed by atoms with Gasteiger partial charge in [0.05, 0.1) is 23.3 Å². The van der Waals surface area contributed by atoms with Gasteiger partial charge in [0.15, 0.2) is 43.1 Å². The molecule has 0 unspecified atom stereocenters. The standard InChI is InChI=1S/C38H38O16/c1-21(39)48-29-27(51-37(45)32(50-23(3)41)31(29)49-22(2)40)20-47-38-33(54-36(44)26-17-11-6-12-18-26)30(53-35(43)25-15-9-5-10-16-25)28(52-38)19-46-34(42)24-13-7-4-8-14-24/h4-18,27-33,37-38,45H,19-20H2,1-3H3/t27-,28+,29+,30-,31-,32-,33-,37+,38+/m1/s1. The van der Waals surface area contributed by atoms with Crippen molar-refractivity contribution in [2.24, 2.45) is 0 Å². The number of esters is 6. The van der Waals surface area contributed by atoms with E-state index in [0.717, 1.165) is 20.8 Å². The number of aliphatic hydroxyl groups excluding tert-OH is 1. The highest BCUT2D eigenvalue weighted by Gasteiger charge is 2.54. The Bertz CT molecular complexity index is 1770. The zero-order chi connectivity index (χ0) is 38.8. The number of ether oxygens (including phenoxy) is 9. The average Bonchev–Trinajstić information content (AvgIpc) is 3.47. The summed E-state index contributed by atoms with van der Waals surface area (Å²) in [5.74, 6) is -4.94. The predicted octanol–water partition coefficient (Wildman–Crippen LogP) is 2.55. The molecule has 3 aromatic rings. The lowest BCUT2D eigenvalue weighted by Gasteiger charge is -2.42. The average molecular weight is 751 g/mol. The van der Waals surface area contributed by atoms with Crippen molar-refractivity contribution < 1.29 is 76.5 Å². The Labute approximate surface area is 309 Å². The third kappa shape index (κ3) is 10.3. The molecule has 2 saturated heterocycles. The van der Waals surface area contributed by atoms with Gasteiger partial charge in [-0.2, -0.15) is 0 Å². The summed E-state index contributed by atoms with van der Waals surface area (Å²) in [4.78, 5) is 75.9. The van der Waals surface area contributed by atoms with E-state index in [-0.39, 0.29) is 16.7 Å². The molecule has 0 aromatic heterocycles. The van der Waals surface area contributed by atoms with Crippen LogP contribution in [0.25, 0.3) is 0 Å². The fraction of sp³-hybridized carbons (Fsp3) is 0.368. The van der Waals surface area contributed by atoms with Gasteiger partial charge in [0.25, 0.3) is 0 Å². The van der Waals surface area contributed by atoms with Crippen LogP contribution < -0.4 is 0 Å².